The largest absolute Gasteiger partial charge is 0.497 e. The maximum absolute atomic E-state index is 6.13. The molecule has 3 nitrogen and oxygen atoms in total. The number of rotatable bonds is 7. The molecule has 0 aliphatic rings. The molecule has 1 aromatic rings. The summed E-state index contributed by atoms with van der Waals surface area (Å²) in [6.07, 6.45) is 2.16. The van der Waals surface area contributed by atoms with Crippen molar-refractivity contribution in [2.75, 3.05) is 13.7 Å². The molecule has 1 N–H and O–H groups in total. The molecular weight excluding hydrogens is 236 g/mol. The molecule has 0 radical (unpaired) electrons. The number of alkyl halides is 1. The van der Waals surface area contributed by atoms with Crippen LogP contribution in [-0.2, 0) is 6.54 Å². The fourth-order valence-electron chi connectivity index (χ4n) is 1.68. The molecule has 0 bridgehead atoms. The van der Waals surface area contributed by atoms with Crippen molar-refractivity contribution < 1.29 is 4.74 Å². The molecular formula is C13H21ClN2O. The molecule has 0 aliphatic heterocycles. The van der Waals surface area contributed by atoms with Crippen molar-refractivity contribution in [3.05, 3.63) is 23.5 Å². The maximum atomic E-state index is 6.13. The molecule has 0 saturated carbocycles. The van der Waals surface area contributed by atoms with Crippen LogP contribution in [0.4, 0.5) is 0 Å². The van der Waals surface area contributed by atoms with E-state index in [1.54, 1.807) is 7.11 Å². The van der Waals surface area contributed by atoms with Crippen molar-refractivity contribution in [1.29, 1.82) is 0 Å². The van der Waals surface area contributed by atoms with E-state index in [1.165, 1.54) is 0 Å². The zero-order valence-electron chi connectivity index (χ0n) is 10.8. The molecule has 0 saturated heterocycles. The number of hydrogen-bond acceptors (Lipinski definition) is 3. The minimum atomic E-state index is 0.201. The van der Waals surface area contributed by atoms with Gasteiger partial charge in [0.05, 0.1) is 12.8 Å². The maximum Gasteiger partial charge on any atom is 0.122 e. The van der Waals surface area contributed by atoms with Crippen LogP contribution in [-0.4, -0.2) is 24.0 Å². The first-order chi connectivity index (χ1) is 8.15. The van der Waals surface area contributed by atoms with Crippen LogP contribution in [0.25, 0.3) is 0 Å². The summed E-state index contributed by atoms with van der Waals surface area (Å²) in [4.78, 5) is 4.44. The average Bonchev–Trinajstić information content (AvgIpc) is 2.28. The number of pyridine rings is 1. The fraction of sp³-hybridized carbons (Fsp3) is 0.615. The molecule has 0 amide bonds. The van der Waals surface area contributed by atoms with E-state index in [2.05, 4.69) is 17.2 Å². The van der Waals surface area contributed by atoms with Gasteiger partial charge in [0.1, 0.15) is 5.75 Å². The van der Waals surface area contributed by atoms with E-state index in [0.29, 0.717) is 0 Å². The number of ether oxygens (including phenoxy) is 1. The summed E-state index contributed by atoms with van der Waals surface area (Å²) >= 11 is 6.13. The van der Waals surface area contributed by atoms with Crippen LogP contribution >= 0.6 is 11.6 Å². The predicted molar refractivity (Wildman–Crippen MR) is 71.8 cm³/mol. The van der Waals surface area contributed by atoms with Gasteiger partial charge >= 0.3 is 0 Å². The van der Waals surface area contributed by atoms with E-state index >= 15 is 0 Å². The summed E-state index contributed by atoms with van der Waals surface area (Å²) in [5, 5.41) is 3.52. The van der Waals surface area contributed by atoms with Crippen molar-refractivity contribution in [2.45, 2.75) is 38.6 Å². The normalized spacial score (nSPS) is 12.5. The van der Waals surface area contributed by atoms with Crippen LogP contribution in [0.2, 0.25) is 0 Å². The monoisotopic (exact) mass is 256 g/mol. The summed E-state index contributed by atoms with van der Waals surface area (Å²) in [7, 11) is 1.67. The van der Waals surface area contributed by atoms with Crippen LogP contribution in [0.1, 0.15) is 31.2 Å². The summed E-state index contributed by atoms with van der Waals surface area (Å²) in [6.45, 7) is 5.65. The van der Waals surface area contributed by atoms with Crippen LogP contribution < -0.4 is 10.1 Å². The van der Waals surface area contributed by atoms with Crippen molar-refractivity contribution in [3.8, 4) is 5.75 Å². The fourth-order valence-corrected chi connectivity index (χ4v) is 2.01. The van der Waals surface area contributed by atoms with Crippen LogP contribution in [0.15, 0.2) is 12.1 Å². The van der Waals surface area contributed by atoms with Crippen LogP contribution in [0.3, 0.4) is 0 Å². The first-order valence-electron chi connectivity index (χ1n) is 6.02. The Morgan fingerprint density at radius 1 is 1.47 bits per heavy atom. The van der Waals surface area contributed by atoms with Gasteiger partial charge in [0.15, 0.2) is 0 Å². The van der Waals surface area contributed by atoms with Gasteiger partial charge in [-0.15, -0.1) is 11.6 Å². The molecule has 1 atom stereocenters. The molecule has 96 valence electrons. The Hall–Kier alpha value is -0.800. The third-order valence-electron chi connectivity index (χ3n) is 2.49. The van der Waals surface area contributed by atoms with E-state index in [9.17, 15) is 0 Å². The Labute approximate surface area is 109 Å². The molecule has 1 unspecified atom stereocenters. The van der Waals surface area contributed by atoms with Crippen molar-refractivity contribution in [2.24, 2.45) is 0 Å². The van der Waals surface area contributed by atoms with Gasteiger partial charge in [0.2, 0.25) is 0 Å². The lowest BCUT2D eigenvalue weighted by Gasteiger charge is -2.10. The standard InChI is InChI=1S/C13H21ClN2O/c1-4-5-11(14)8-15-9-12-7-13(17-3)6-10(2)16-12/h6-7,11,15H,4-5,8-9H2,1-3H3. The molecule has 1 aromatic heterocycles. The van der Waals surface area contributed by atoms with E-state index in [4.69, 9.17) is 16.3 Å². The molecule has 4 heteroatoms. The van der Waals surface area contributed by atoms with E-state index in [-0.39, 0.29) is 5.38 Å². The van der Waals surface area contributed by atoms with Gasteiger partial charge in [-0.1, -0.05) is 13.3 Å². The molecule has 1 heterocycles. The third-order valence-corrected chi connectivity index (χ3v) is 2.86. The SMILES string of the molecule is CCCC(Cl)CNCc1cc(OC)cc(C)n1. The highest BCUT2D eigenvalue weighted by Crippen LogP contribution is 2.13. The summed E-state index contributed by atoms with van der Waals surface area (Å²) < 4.78 is 5.21. The second-order valence-corrected chi connectivity index (χ2v) is 4.77. The van der Waals surface area contributed by atoms with Gasteiger partial charge in [-0.3, -0.25) is 4.98 Å². The summed E-state index contributed by atoms with van der Waals surface area (Å²) in [5.41, 5.74) is 1.96. The number of hydrogen-bond donors (Lipinski definition) is 1. The first-order valence-corrected chi connectivity index (χ1v) is 6.45. The van der Waals surface area contributed by atoms with Gasteiger partial charge < -0.3 is 10.1 Å². The minimum absolute atomic E-state index is 0.201. The Balaban J connectivity index is 2.43. The lowest BCUT2D eigenvalue weighted by molar-refractivity contribution is 0.412. The number of nitrogens with one attached hydrogen (secondary N) is 1. The van der Waals surface area contributed by atoms with Gasteiger partial charge in [0, 0.05) is 36.3 Å². The number of aromatic nitrogens is 1. The Bertz CT molecular complexity index is 344. The van der Waals surface area contributed by atoms with Gasteiger partial charge in [-0.05, 0) is 13.3 Å². The zero-order valence-corrected chi connectivity index (χ0v) is 11.5. The highest BCUT2D eigenvalue weighted by Gasteiger charge is 2.04. The lowest BCUT2D eigenvalue weighted by Crippen LogP contribution is -2.23. The molecule has 1 rings (SSSR count). The summed E-state index contributed by atoms with van der Waals surface area (Å²) in [6, 6.07) is 3.87. The third kappa shape index (κ3) is 5.37. The summed E-state index contributed by atoms with van der Waals surface area (Å²) in [5.74, 6) is 0.852. The number of aryl methyl sites for hydroxylation is 1. The highest BCUT2D eigenvalue weighted by atomic mass is 35.5. The number of methoxy groups -OCH3 is 1. The molecule has 0 aliphatic carbocycles. The topological polar surface area (TPSA) is 34.1 Å². The van der Waals surface area contributed by atoms with E-state index in [0.717, 1.165) is 43.1 Å². The Morgan fingerprint density at radius 2 is 2.24 bits per heavy atom. The van der Waals surface area contributed by atoms with E-state index < -0.39 is 0 Å². The van der Waals surface area contributed by atoms with Crippen LogP contribution in [0.5, 0.6) is 5.75 Å². The molecule has 17 heavy (non-hydrogen) atoms. The highest BCUT2D eigenvalue weighted by molar-refractivity contribution is 6.20. The van der Waals surface area contributed by atoms with Crippen LogP contribution in [0, 0.1) is 6.92 Å². The second kappa shape index (κ2) is 7.51. The lowest BCUT2D eigenvalue weighted by atomic mass is 10.2. The van der Waals surface area contributed by atoms with Crippen molar-refractivity contribution >= 4 is 11.6 Å². The van der Waals surface area contributed by atoms with Gasteiger partial charge in [-0.25, -0.2) is 0 Å². The quantitative estimate of drug-likeness (QED) is 0.762. The van der Waals surface area contributed by atoms with Gasteiger partial charge in [0.25, 0.3) is 0 Å². The Morgan fingerprint density at radius 3 is 2.88 bits per heavy atom. The zero-order chi connectivity index (χ0) is 12.7. The van der Waals surface area contributed by atoms with Gasteiger partial charge in [-0.2, -0.15) is 0 Å². The second-order valence-electron chi connectivity index (χ2n) is 4.16. The van der Waals surface area contributed by atoms with Crippen molar-refractivity contribution in [1.82, 2.24) is 10.3 Å². The Kier molecular flexibility index (Phi) is 6.30. The molecule has 0 spiro atoms. The molecule has 0 fully saturated rings. The predicted octanol–water partition coefficient (Wildman–Crippen LogP) is 2.90. The number of halogens is 1. The molecule has 0 aromatic carbocycles. The smallest absolute Gasteiger partial charge is 0.122 e. The number of nitrogens with zero attached hydrogens (tertiary/aromatic N) is 1. The first kappa shape index (κ1) is 14.3. The van der Waals surface area contributed by atoms with E-state index in [1.807, 2.05) is 19.1 Å². The van der Waals surface area contributed by atoms with Crippen molar-refractivity contribution in [3.63, 3.8) is 0 Å². The minimum Gasteiger partial charge on any atom is -0.497 e. The average molecular weight is 257 g/mol.